The molecular formula is C16H22FN3O2. The Labute approximate surface area is 129 Å². The molecule has 0 aliphatic carbocycles. The molecule has 1 heterocycles. The van der Waals surface area contributed by atoms with Crippen LogP contribution in [0.4, 0.5) is 4.39 Å². The minimum Gasteiger partial charge on any atom is -0.504 e. The van der Waals surface area contributed by atoms with Crippen molar-refractivity contribution in [2.75, 3.05) is 19.6 Å². The fraction of sp³-hybridized carbons (Fsp3) is 0.438. The SMILES string of the molecule is CCN(CC)C(=O)Cn1cc(CCN)c2c(O)c(F)ccc21. The summed E-state index contributed by atoms with van der Waals surface area (Å²) < 4.78 is 15.4. The molecular weight excluding hydrogens is 285 g/mol. The summed E-state index contributed by atoms with van der Waals surface area (Å²) in [7, 11) is 0. The van der Waals surface area contributed by atoms with Gasteiger partial charge in [0.1, 0.15) is 6.54 Å². The lowest BCUT2D eigenvalue weighted by atomic mass is 10.1. The number of benzene rings is 1. The normalized spacial score (nSPS) is 11.1. The highest BCUT2D eigenvalue weighted by Crippen LogP contribution is 2.32. The van der Waals surface area contributed by atoms with Crippen molar-refractivity contribution in [1.82, 2.24) is 9.47 Å². The Morgan fingerprint density at radius 1 is 1.36 bits per heavy atom. The third-order valence-corrected chi connectivity index (χ3v) is 3.88. The molecule has 0 unspecified atom stereocenters. The number of nitrogens with zero attached hydrogens (tertiary/aromatic N) is 2. The molecule has 0 bridgehead atoms. The van der Waals surface area contributed by atoms with Crippen molar-refractivity contribution in [3.05, 3.63) is 29.7 Å². The van der Waals surface area contributed by atoms with E-state index in [-0.39, 0.29) is 18.2 Å². The average Bonchev–Trinajstić information content (AvgIpc) is 2.83. The van der Waals surface area contributed by atoms with Crippen LogP contribution in [-0.4, -0.2) is 40.1 Å². The number of amides is 1. The van der Waals surface area contributed by atoms with Gasteiger partial charge in [-0.3, -0.25) is 4.79 Å². The fourth-order valence-corrected chi connectivity index (χ4v) is 2.73. The van der Waals surface area contributed by atoms with E-state index in [2.05, 4.69) is 0 Å². The average molecular weight is 307 g/mol. The van der Waals surface area contributed by atoms with E-state index in [0.29, 0.717) is 37.0 Å². The molecule has 1 aromatic heterocycles. The van der Waals surface area contributed by atoms with Gasteiger partial charge in [0.15, 0.2) is 11.6 Å². The molecule has 6 heteroatoms. The van der Waals surface area contributed by atoms with Gasteiger partial charge in [0, 0.05) is 24.7 Å². The van der Waals surface area contributed by atoms with Gasteiger partial charge in [-0.2, -0.15) is 0 Å². The zero-order valence-corrected chi connectivity index (χ0v) is 13.0. The molecule has 0 aliphatic heterocycles. The van der Waals surface area contributed by atoms with Gasteiger partial charge >= 0.3 is 0 Å². The summed E-state index contributed by atoms with van der Waals surface area (Å²) >= 11 is 0. The second-order valence-corrected chi connectivity index (χ2v) is 5.18. The molecule has 0 saturated carbocycles. The van der Waals surface area contributed by atoms with Crippen LogP contribution in [0.2, 0.25) is 0 Å². The number of hydrogen-bond acceptors (Lipinski definition) is 3. The van der Waals surface area contributed by atoms with E-state index < -0.39 is 5.82 Å². The van der Waals surface area contributed by atoms with Crippen molar-refractivity contribution in [1.29, 1.82) is 0 Å². The Balaban J connectivity index is 2.46. The molecule has 0 atom stereocenters. The van der Waals surface area contributed by atoms with E-state index in [4.69, 9.17) is 5.73 Å². The van der Waals surface area contributed by atoms with Crippen molar-refractivity contribution in [2.45, 2.75) is 26.8 Å². The summed E-state index contributed by atoms with van der Waals surface area (Å²) in [6.45, 7) is 5.69. The Morgan fingerprint density at radius 2 is 2.05 bits per heavy atom. The van der Waals surface area contributed by atoms with Crippen molar-refractivity contribution >= 4 is 16.8 Å². The number of carbonyl (C=O) groups excluding carboxylic acids is 1. The number of rotatable bonds is 6. The summed E-state index contributed by atoms with van der Waals surface area (Å²) in [5, 5.41) is 10.4. The van der Waals surface area contributed by atoms with Gasteiger partial charge in [-0.15, -0.1) is 0 Å². The van der Waals surface area contributed by atoms with E-state index in [0.717, 1.165) is 5.56 Å². The third-order valence-electron chi connectivity index (χ3n) is 3.88. The first-order valence-electron chi connectivity index (χ1n) is 7.50. The van der Waals surface area contributed by atoms with Crippen LogP contribution >= 0.6 is 0 Å². The van der Waals surface area contributed by atoms with Crippen LogP contribution in [0.25, 0.3) is 10.9 Å². The first-order valence-corrected chi connectivity index (χ1v) is 7.50. The maximum absolute atomic E-state index is 13.6. The molecule has 0 aliphatic rings. The van der Waals surface area contributed by atoms with E-state index in [1.165, 1.54) is 6.07 Å². The smallest absolute Gasteiger partial charge is 0.242 e. The number of likely N-dealkylation sites (N-methyl/N-ethyl adjacent to an activating group) is 1. The predicted molar refractivity (Wildman–Crippen MR) is 84.2 cm³/mol. The third kappa shape index (κ3) is 2.92. The number of phenols is 1. The van der Waals surface area contributed by atoms with Gasteiger partial charge < -0.3 is 20.3 Å². The van der Waals surface area contributed by atoms with Gasteiger partial charge in [-0.05, 0) is 44.5 Å². The number of aromatic hydroxyl groups is 1. The number of nitrogens with two attached hydrogens (primary N) is 1. The number of fused-ring (bicyclic) bond motifs is 1. The number of aromatic nitrogens is 1. The minimum atomic E-state index is -0.668. The maximum Gasteiger partial charge on any atom is 0.242 e. The molecule has 5 nitrogen and oxygen atoms in total. The van der Waals surface area contributed by atoms with Gasteiger partial charge in [0.2, 0.25) is 5.91 Å². The molecule has 1 amide bonds. The van der Waals surface area contributed by atoms with E-state index >= 15 is 0 Å². The molecule has 22 heavy (non-hydrogen) atoms. The first-order chi connectivity index (χ1) is 10.5. The summed E-state index contributed by atoms with van der Waals surface area (Å²) in [6.07, 6.45) is 2.29. The molecule has 2 rings (SSSR count). The minimum absolute atomic E-state index is 0.00925. The van der Waals surface area contributed by atoms with E-state index in [1.54, 1.807) is 21.7 Å². The highest BCUT2D eigenvalue weighted by Gasteiger charge is 2.18. The van der Waals surface area contributed by atoms with Crippen LogP contribution in [0.5, 0.6) is 5.75 Å². The Bertz CT molecular complexity index is 678. The molecule has 1 aromatic carbocycles. The number of hydrogen-bond donors (Lipinski definition) is 2. The van der Waals surface area contributed by atoms with Gasteiger partial charge in [-0.1, -0.05) is 0 Å². The summed E-state index contributed by atoms with van der Waals surface area (Å²) in [4.78, 5) is 14.0. The second kappa shape index (κ2) is 6.79. The molecule has 0 spiro atoms. The van der Waals surface area contributed by atoms with Crippen molar-refractivity contribution < 1.29 is 14.3 Å². The van der Waals surface area contributed by atoms with Crippen molar-refractivity contribution in [3.63, 3.8) is 0 Å². The summed E-state index contributed by atoms with van der Waals surface area (Å²) in [5.74, 6) is -1.06. The van der Waals surface area contributed by atoms with Gasteiger partial charge in [-0.25, -0.2) is 4.39 Å². The number of carbonyl (C=O) groups is 1. The second-order valence-electron chi connectivity index (χ2n) is 5.18. The van der Waals surface area contributed by atoms with Crippen LogP contribution in [0.1, 0.15) is 19.4 Å². The highest BCUT2D eigenvalue weighted by atomic mass is 19.1. The topological polar surface area (TPSA) is 71.5 Å². The lowest BCUT2D eigenvalue weighted by molar-refractivity contribution is -0.131. The molecule has 120 valence electrons. The van der Waals surface area contributed by atoms with Gasteiger partial charge in [0.25, 0.3) is 0 Å². The number of halogens is 1. The largest absolute Gasteiger partial charge is 0.504 e. The Kier molecular flexibility index (Phi) is 5.03. The molecule has 0 fully saturated rings. The number of phenolic OH excluding ortho intramolecular Hbond substituents is 1. The van der Waals surface area contributed by atoms with Crippen LogP contribution in [0.15, 0.2) is 18.3 Å². The standard InChI is InChI=1S/C16H22FN3O2/c1-3-19(4-2)14(21)10-20-9-11(7-8-18)15-13(20)6-5-12(17)16(15)22/h5-6,9,22H,3-4,7-8,10,18H2,1-2H3. The monoisotopic (exact) mass is 307 g/mol. The molecule has 2 aromatic rings. The zero-order valence-electron chi connectivity index (χ0n) is 13.0. The molecule has 0 saturated heterocycles. The zero-order chi connectivity index (χ0) is 16.3. The summed E-state index contributed by atoms with van der Waals surface area (Å²) in [6, 6.07) is 2.79. The highest BCUT2D eigenvalue weighted by molar-refractivity contribution is 5.91. The first kappa shape index (κ1) is 16.3. The van der Waals surface area contributed by atoms with E-state index in [9.17, 15) is 14.3 Å². The Hall–Kier alpha value is -2.08. The lowest BCUT2D eigenvalue weighted by Crippen LogP contribution is -2.33. The quantitative estimate of drug-likeness (QED) is 0.855. The van der Waals surface area contributed by atoms with Crippen LogP contribution < -0.4 is 5.73 Å². The van der Waals surface area contributed by atoms with Crippen LogP contribution in [0, 0.1) is 5.82 Å². The van der Waals surface area contributed by atoms with E-state index in [1.807, 2.05) is 13.8 Å². The van der Waals surface area contributed by atoms with Crippen LogP contribution in [-0.2, 0) is 17.8 Å². The predicted octanol–water partition coefficient (Wildman–Crippen LogP) is 1.86. The maximum atomic E-state index is 13.6. The van der Waals surface area contributed by atoms with Gasteiger partial charge in [0.05, 0.1) is 5.52 Å². The van der Waals surface area contributed by atoms with Crippen molar-refractivity contribution in [3.8, 4) is 5.75 Å². The fourth-order valence-electron chi connectivity index (χ4n) is 2.73. The van der Waals surface area contributed by atoms with Crippen molar-refractivity contribution in [2.24, 2.45) is 5.73 Å². The lowest BCUT2D eigenvalue weighted by Gasteiger charge is -2.19. The Morgan fingerprint density at radius 3 is 2.64 bits per heavy atom. The van der Waals surface area contributed by atoms with Crippen LogP contribution in [0.3, 0.4) is 0 Å². The molecule has 0 radical (unpaired) electrons. The molecule has 3 N–H and O–H groups in total. The summed E-state index contributed by atoms with van der Waals surface area (Å²) in [5.41, 5.74) is 6.97.